The minimum Gasteiger partial charge on any atom is -0.353 e. The zero-order valence-corrected chi connectivity index (χ0v) is 18.6. The number of amides is 2. The number of hydrogen-bond donors (Lipinski definition) is 0. The number of carbonyl (C=O) groups is 2. The van der Waals surface area contributed by atoms with E-state index in [-0.39, 0.29) is 24.2 Å². The van der Waals surface area contributed by atoms with Gasteiger partial charge in [-0.05, 0) is 38.0 Å². The number of anilines is 3. The second-order valence-corrected chi connectivity index (χ2v) is 8.96. The largest absolute Gasteiger partial charge is 0.353 e. The van der Waals surface area contributed by atoms with Gasteiger partial charge in [0.15, 0.2) is 0 Å². The quantitative estimate of drug-likeness (QED) is 0.734. The molecule has 0 N–H and O–H groups in total. The molecule has 8 nitrogen and oxygen atoms in total. The van der Waals surface area contributed by atoms with Gasteiger partial charge >= 0.3 is 0 Å². The number of aromatic nitrogens is 2. The summed E-state index contributed by atoms with van der Waals surface area (Å²) in [5.74, 6) is 1.58. The molecule has 2 amide bonds. The number of rotatable bonds is 4. The normalized spacial score (nSPS) is 21.5. The molecule has 1 atom stereocenters. The maximum Gasteiger partial charge on any atom is 0.228 e. The van der Waals surface area contributed by atoms with Gasteiger partial charge in [0, 0.05) is 64.1 Å². The minimum atomic E-state index is -0.267. The van der Waals surface area contributed by atoms with Crippen LogP contribution in [0.5, 0.6) is 0 Å². The van der Waals surface area contributed by atoms with Crippen LogP contribution in [0.1, 0.15) is 24.8 Å². The van der Waals surface area contributed by atoms with E-state index in [1.165, 1.54) is 12.8 Å². The zero-order valence-electron chi connectivity index (χ0n) is 18.6. The molecule has 0 spiro atoms. The summed E-state index contributed by atoms with van der Waals surface area (Å²) in [4.78, 5) is 43.0. The van der Waals surface area contributed by atoms with Crippen LogP contribution < -0.4 is 14.7 Å². The Balaban J connectivity index is 1.18. The van der Waals surface area contributed by atoms with Gasteiger partial charge in [0.2, 0.25) is 17.8 Å². The van der Waals surface area contributed by atoms with Gasteiger partial charge in [-0.25, -0.2) is 4.98 Å². The van der Waals surface area contributed by atoms with Crippen molar-refractivity contribution in [3.63, 3.8) is 0 Å². The molecular formula is C24H30N6O2. The molecule has 3 aliphatic heterocycles. The smallest absolute Gasteiger partial charge is 0.228 e. The summed E-state index contributed by atoms with van der Waals surface area (Å²) in [5, 5.41) is 0. The fourth-order valence-corrected chi connectivity index (χ4v) is 4.85. The lowest BCUT2D eigenvalue weighted by Crippen LogP contribution is -2.51. The molecule has 2 aromatic rings. The predicted molar refractivity (Wildman–Crippen MR) is 124 cm³/mol. The van der Waals surface area contributed by atoms with E-state index in [2.05, 4.69) is 14.8 Å². The van der Waals surface area contributed by atoms with Gasteiger partial charge in [0.05, 0.1) is 5.92 Å². The predicted octanol–water partition coefficient (Wildman–Crippen LogP) is 2.09. The third-order valence-corrected chi connectivity index (χ3v) is 6.75. The highest BCUT2D eigenvalue weighted by Gasteiger charge is 2.38. The first-order chi connectivity index (χ1) is 15.6. The SMILES string of the molecule is Cc1ccc(N2CC(C(=O)N3CCN(c4ccnc(N5CCCC5)n4)CC3)CC2=O)cc1. The number of carbonyl (C=O) groups excluding carboxylic acids is 2. The first-order valence-corrected chi connectivity index (χ1v) is 11.6. The number of piperazine rings is 1. The zero-order chi connectivity index (χ0) is 22.1. The van der Waals surface area contributed by atoms with E-state index < -0.39 is 0 Å². The Morgan fingerprint density at radius 1 is 0.938 bits per heavy atom. The maximum absolute atomic E-state index is 13.1. The van der Waals surface area contributed by atoms with Crippen molar-refractivity contribution in [1.29, 1.82) is 0 Å². The third-order valence-electron chi connectivity index (χ3n) is 6.75. The van der Waals surface area contributed by atoms with Crippen LogP contribution in [0.4, 0.5) is 17.5 Å². The lowest BCUT2D eigenvalue weighted by Gasteiger charge is -2.36. The highest BCUT2D eigenvalue weighted by molar-refractivity contribution is 6.00. The van der Waals surface area contributed by atoms with Crippen LogP contribution in [0.25, 0.3) is 0 Å². The Bertz CT molecular complexity index is 980. The Morgan fingerprint density at radius 2 is 1.66 bits per heavy atom. The summed E-state index contributed by atoms with van der Waals surface area (Å²) in [7, 11) is 0. The molecule has 1 unspecified atom stereocenters. The van der Waals surface area contributed by atoms with Crippen LogP contribution in [-0.2, 0) is 9.59 Å². The fraction of sp³-hybridized carbons (Fsp3) is 0.500. The van der Waals surface area contributed by atoms with Gasteiger partial charge in [-0.3, -0.25) is 9.59 Å². The molecule has 5 rings (SSSR count). The molecule has 3 saturated heterocycles. The highest BCUT2D eigenvalue weighted by Crippen LogP contribution is 2.27. The first-order valence-electron chi connectivity index (χ1n) is 11.6. The van der Waals surface area contributed by atoms with Gasteiger partial charge in [-0.1, -0.05) is 17.7 Å². The van der Waals surface area contributed by atoms with Crippen molar-refractivity contribution in [2.45, 2.75) is 26.2 Å². The lowest BCUT2D eigenvalue weighted by atomic mass is 10.1. The van der Waals surface area contributed by atoms with Crippen LogP contribution in [-0.4, -0.2) is 72.5 Å². The molecule has 8 heteroatoms. The number of benzene rings is 1. The fourth-order valence-electron chi connectivity index (χ4n) is 4.85. The molecule has 4 heterocycles. The van der Waals surface area contributed by atoms with Gasteiger partial charge in [-0.2, -0.15) is 4.98 Å². The van der Waals surface area contributed by atoms with E-state index in [1.54, 1.807) is 4.90 Å². The van der Waals surface area contributed by atoms with Gasteiger partial charge in [0.1, 0.15) is 5.82 Å². The summed E-state index contributed by atoms with van der Waals surface area (Å²) >= 11 is 0. The molecule has 0 saturated carbocycles. The molecular weight excluding hydrogens is 404 g/mol. The van der Waals surface area contributed by atoms with E-state index in [4.69, 9.17) is 4.98 Å². The lowest BCUT2D eigenvalue weighted by molar-refractivity contribution is -0.136. The van der Waals surface area contributed by atoms with Crippen molar-refractivity contribution in [1.82, 2.24) is 14.9 Å². The van der Waals surface area contributed by atoms with E-state index in [9.17, 15) is 9.59 Å². The molecule has 168 valence electrons. The average molecular weight is 435 g/mol. The van der Waals surface area contributed by atoms with Crippen LogP contribution in [0.15, 0.2) is 36.5 Å². The standard InChI is InChI=1S/C24H30N6O2/c1-18-4-6-20(7-5-18)30-17-19(16-22(30)31)23(32)28-14-12-27(13-15-28)21-8-9-25-24(26-21)29-10-2-3-11-29/h4-9,19H,2-3,10-17H2,1H3. The van der Waals surface area contributed by atoms with E-state index in [0.29, 0.717) is 19.6 Å². The van der Waals surface area contributed by atoms with E-state index in [1.807, 2.05) is 48.4 Å². The molecule has 1 aromatic carbocycles. The Hall–Kier alpha value is -3.16. The average Bonchev–Trinajstić information content (AvgIpc) is 3.50. The first kappa shape index (κ1) is 20.7. The van der Waals surface area contributed by atoms with Crippen LogP contribution in [0, 0.1) is 12.8 Å². The Labute approximate surface area is 188 Å². The second kappa shape index (κ2) is 8.76. The summed E-state index contributed by atoms with van der Waals surface area (Å²) < 4.78 is 0. The molecule has 0 radical (unpaired) electrons. The minimum absolute atomic E-state index is 0.0290. The van der Waals surface area contributed by atoms with Gasteiger partial charge in [0.25, 0.3) is 0 Å². The summed E-state index contributed by atoms with van der Waals surface area (Å²) in [6.07, 6.45) is 4.51. The summed E-state index contributed by atoms with van der Waals surface area (Å²) in [5.41, 5.74) is 2.03. The van der Waals surface area contributed by atoms with Crippen molar-refractivity contribution in [2.75, 3.05) is 60.5 Å². The van der Waals surface area contributed by atoms with Crippen LogP contribution >= 0.6 is 0 Å². The van der Waals surface area contributed by atoms with Crippen LogP contribution in [0.2, 0.25) is 0 Å². The van der Waals surface area contributed by atoms with Crippen molar-refractivity contribution in [3.05, 3.63) is 42.1 Å². The number of hydrogen-bond acceptors (Lipinski definition) is 6. The molecule has 0 aliphatic carbocycles. The molecule has 32 heavy (non-hydrogen) atoms. The summed E-state index contributed by atoms with van der Waals surface area (Å²) in [6, 6.07) is 9.86. The van der Waals surface area contributed by atoms with E-state index >= 15 is 0 Å². The second-order valence-electron chi connectivity index (χ2n) is 8.96. The molecule has 3 aliphatic rings. The van der Waals surface area contributed by atoms with Gasteiger partial charge in [-0.15, -0.1) is 0 Å². The summed E-state index contributed by atoms with van der Waals surface area (Å²) in [6.45, 7) is 7.31. The van der Waals surface area contributed by atoms with Crippen LogP contribution in [0.3, 0.4) is 0 Å². The Morgan fingerprint density at radius 3 is 2.38 bits per heavy atom. The van der Waals surface area contributed by atoms with Crippen molar-refractivity contribution < 1.29 is 9.59 Å². The Kier molecular flexibility index (Phi) is 5.68. The maximum atomic E-state index is 13.1. The monoisotopic (exact) mass is 434 g/mol. The van der Waals surface area contributed by atoms with Crippen molar-refractivity contribution in [3.8, 4) is 0 Å². The van der Waals surface area contributed by atoms with Crippen molar-refractivity contribution in [2.24, 2.45) is 5.92 Å². The number of aryl methyl sites for hydroxylation is 1. The molecule has 0 bridgehead atoms. The molecule has 1 aromatic heterocycles. The van der Waals surface area contributed by atoms with Crippen molar-refractivity contribution >= 4 is 29.3 Å². The van der Waals surface area contributed by atoms with E-state index in [0.717, 1.165) is 49.2 Å². The molecule has 3 fully saturated rings. The van der Waals surface area contributed by atoms with Gasteiger partial charge < -0.3 is 19.6 Å². The number of nitrogens with zero attached hydrogens (tertiary/aromatic N) is 6. The third kappa shape index (κ3) is 4.13. The topological polar surface area (TPSA) is 72.9 Å². The highest BCUT2D eigenvalue weighted by atomic mass is 16.2.